The summed E-state index contributed by atoms with van der Waals surface area (Å²) in [6.45, 7) is 2.24. The highest BCUT2D eigenvalue weighted by molar-refractivity contribution is 14.1. The summed E-state index contributed by atoms with van der Waals surface area (Å²) in [5, 5.41) is 9.90. The van der Waals surface area contributed by atoms with Crippen molar-refractivity contribution in [3.8, 4) is 5.75 Å². The molecule has 2 heterocycles. The topological polar surface area (TPSA) is 53.0 Å². The normalized spacial score (nSPS) is 22.6. The molecular formula is C23H27IN2O3. The molecule has 3 atom stereocenters. The van der Waals surface area contributed by atoms with Crippen LogP contribution >= 0.6 is 22.6 Å². The third-order valence-electron chi connectivity index (χ3n) is 5.92. The molecule has 2 unspecified atom stereocenters. The molecule has 1 N–H and O–H groups in total. The van der Waals surface area contributed by atoms with Crippen LogP contribution in [-0.4, -0.2) is 59.7 Å². The van der Waals surface area contributed by atoms with Gasteiger partial charge in [0.2, 0.25) is 0 Å². The Morgan fingerprint density at radius 3 is 2.79 bits per heavy atom. The minimum absolute atomic E-state index is 0.0165. The molecule has 1 amide bonds. The second-order valence-electron chi connectivity index (χ2n) is 7.97. The zero-order valence-corrected chi connectivity index (χ0v) is 18.8. The minimum Gasteiger partial charge on any atom is -0.480 e. The molecule has 2 aliphatic heterocycles. The number of amides is 1. The van der Waals surface area contributed by atoms with Gasteiger partial charge in [-0.25, -0.2) is 0 Å². The molecule has 0 bridgehead atoms. The highest BCUT2D eigenvalue weighted by Crippen LogP contribution is 2.31. The maximum Gasteiger partial charge on any atom is 0.263 e. The van der Waals surface area contributed by atoms with Crippen LogP contribution in [0, 0.1) is 3.57 Å². The van der Waals surface area contributed by atoms with Gasteiger partial charge in [-0.1, -0.05) is 30.3 Å². The van der Waals surface area contributed by atoms with Crippen molar-refractivity contribution in [1.82, 2.24) is 9.80 Å². The number of fused-ring (bicyclic) bond motifs is 1. The predicted molar refractivity (Wildman–Crippen MR) is 121 cm³/mol. The number of likely N-dealkylation sites (N-methyl/N-ethyl adjacent to an activating group) is 1. The summed E-state index contributed by atoms with van der Waals surface area (Å²) < 4.78 is 7.28. The quantitative estimate of drug-likeness (QED) is 0.633. The van der Waals surface area contributed by atoms with Gasteiger partial charge in [0.05, 0.1) is 12.1 Å². The number of aryl methyl sites for hydroxylation is 1. The van der Waals surface area contributed by atoms with Gasteiger partial charge in [0.15, 0.2) is 6.10 Å². The summed E-state index contributed by atoms with van der Waals surface area (Å²) in [4.78, 5) is 17.4. The number of carbonyl (C=O) groups excluding carboxylic acids is 1. The van der Waals surface area contributed by atoms with Crippen molar-refractivity contribution in [2.24, 2.45) is 0 Å². The number of hydrogen-bond acceptors (Lipinski definition) is 4. The lowest BCUT2D eigenvalue weighted by Gasteiger charge is -2.35. The van der Waals surface area contributed by atoms with Crippen molar-refractivity contribution < 1.29 is 14.6 Å². The Hall–Kier alpha value is -1.64. The lowest BCUT2D eigenvalue weighted by Crippen LogP contribution is -2.46. The molecule has 0 spiro atoms. The van der Waals surface area contributed by atoms with Gasteiger partial charge in [-0.15, -0.1) is 0 Å². The van der Waals surface area contributed by atoms with Crippen molar-refractivity contribution in [2.45, 2.75) is 37.5 Å². The van der Waals surface area contributed by atoms with E-state index in [-0.39, 0.29) is 18.1 Å². The van der Waals surface area contributed by atoms with E-state index in [0.29, 0.717) is 19.5 Å². The fourth-order valence-electron chi connectivity index (χ4n) is 4.26. The molecule has 4 rings (SSSR count). The molecule has 0 saturated carbocycles. The molecule has 6 heteroatoms. The number of likely N-dealkylation sites (tertiary alicyclic amines) is 1. The molecule has 0 radical (unpaired) electrons. The van der Waals surface area contributed by atoms with Gasteiger partial charge in [-0.2, -0.15) is 0 Å². The van der Waals surface area contributed by atoms with Crippen LogP contribution in [0.1, 0.15) is 30.0 Å². The third-order valence-corrected chi connectivity index (χ3v) is 6.59. The van der Waals surface area contributed by atoms with Gasteiger partial charge in [0.1, 0.15) is 5.75 Å². The summed E-state index contributed by atoms with van der Waals surface area (Å²) >= 11 is 2.30. The molecule has 0 aromatic heterocycles. The zero-order chi connectivity index (χ0) is 20.4. The largest absolute Gasteiger partial charge is 0.480 e. The van der Waals surface area contributed by atoms with Crippen molar-refractivity contribution in [2.75, 3.05) is 26.7 Å². The molecule has 29 heavy (non-hydrogen) atoms. The number of halogens is 1. The summed E-state index contributed by atoms with van der Waals surface area (Å²) in [6.07, 6.45) is 1.61. The Morgan fingerprint density at radius 2 is 2.07 bits per heavy atom. The smallest absolute Gasteiger partial charge is 0.263 e. The van der Waals surface area contributed by atoms with E-state index >= 15 is 0 Å². The van der Waals surface area contributed by atoms with E-state index in [1.54, 1.807) is 0 Å². The fourth-order valence-corrected chi connectivity index (χ4v) is 4.82. The van der Waals surface area contributed by atoms with E-state index in [0.717, 1.165) is 30.7 Å². The second-order valence-corrected chi connectivity index (χ2v) is 9.22. The summed E-state index contributed by atoms with van der Waals surface area (Å²) in [6, 6.07) is 16.2. The van der Waals surface area contributed by atoms with Crippen LogP contribution in [0.5, 0.6) is 5.75 Å². The van der Waals surface area contributed by atoms with Crippen molar-refractivity contribution in [1.29, 1.82) is 0 Å². The predicted octanol–water partition coefficient (Wildman–Crippen LogP) is 3.25. The highest BCUT2D eigenvalue weighted by Gasteiger charge is 2.34. The third kappa shape index (κ3) is 4.75. The minimum atomic E-state index is -0.456. The van der Waals surface area contributed by atoms with Crippen LogP contribution < -0.4 is 4.74 Å². The number of carbonyl (C=O) groups is 1. The van der Waals surface area contributed by atoms with E-state index in [1.165, 1.54) is 9.13 Å². The number of ether oxygens (including phenoxy) is 1. The van der Waals surface area contributed by atoms with Crippen LogP contribution in [0.4, 0.5) is 0 Å². The number of β-amino-alcohol motifs (C(OH)–C–C–N with tert-alkyl or cyclic N) is 1. The van der Waals surface area contributed by atoms with Crippen LogP contribution in [0.2, 0.25) is 0 Å². The molecule has 0 aliphatic carbocycles. The van der Waals surface area contributed by atoms with Crippen molar-refractivity contribution in [3.05, 3.63) is 63.2 Å². The number of rotatable bonds is 5. The lowest BCUT2D eigenvalue weighted by molar-refractivity contribution is -0.140. The average molecular weight is 506 g/mol. The van der Waals surface area contributed by atoms with Crippen LogP contribution in [0.25, 0.3) is 0 Å². The van der Waals surface area contributed by atoms with Gasteiger partial charge >= 0.3 is 0 Å². The molecule has 1 fully saturated rings. The van der Waals surface area contributed by atoms with Gasteiger partial charge in [-0.3, -0.25) is 9.69 Å². The van der Waals surface area contributed by atoms with Crippen LogP contribution in [-0.2, 0) is 11.2 Å². The molecule has 2 aromatic rings. The Bertz CT molecular complexity index is 860. The number of aliphatic hydroxyl groups is 1. The molecular weight excluding hydrogens is 479 g/mol. The first-order chi connectivity index (χ1) is 14.0. The van der Waals surface area contributed by atoms with Crippen LogP contribution in [0.15, 0.2) is 48.5 Å². The summed E-state index contributed by atoms with van der Waals surface area (Å²) in [7, 11) is 1.87. The first kappa shape index (κ1) is 20.6. The van der Waals surface area contributed by atoms with E-state index < -0.39 is 6.10 Å². The molecule has 1 saturated heterocycles. The van der Waals surface area contributed by atoms with E-state index in [4.69, 9.17) is 4.74 Å². The lowest BCUT2D eigenvalue weighted by atomic mass is 10.00. The Labute approximate surface area is 185 Å². The van der Waals surface area contributed by atoms with E-state index in [1.807, 2.05) is 42.3 Å². The Morgan fingerprint density at radius 1 is 1.28 bits per heavy atom. The number of hydrogen-bond donors (Lipinski definition) is 1. The van der Waals surface area contributed by atoms with Gasteiger partial charge in [0, 0.05) is 30.3 Å². The van der Waals surface area contributed by atoms with Gasteiger partial charge in [0.25, 0.3) is 5.91 Å². The van der Waals surface area contributed by atoms with Gasteiger partial charge < -0.3 is 14.7 Å². The van der Waals surface area contributed by atoms with Crippen LogP contribution in [0.3, 0.4) is 0 Å². The van der Waals surface area contributed by atoms with Gasteiger partial charge in [-0.05, 0) is 71.2 Å². The summed E-state index contributed by atoms with van der Waals surface area (Å²) in [5.41, 5.74) is 2.28. The standard InChI is InChI=1S/C23H27IN2O3/c1-25(23(28)22-9-7-17-13-18(24)8-10-21(17)29-22)20(16-5-3-2-4-6-16)15-26-12-11-19(27)14-26/h2-6,8,10,13,19-20,22,27H,7,9,11-12,14-15H2,1H3/t19-,20?,22?/m0/s1. The van der Waals surface area contributed by atoms with Crippen molar-refractivity contribution in [3.63, 3.8) is 0 Å². The fraction of sp³-hybridized carbons (Fsp3) is 0.435. The Kier molecular flexibility index (Phi) is 6.41. The second kappa shape index (κ2) is 9.02. The number of benzene rings is 2. The first-order valence-corrected chi connectivity index (χ1v) is 11.3. The Balaban J connectivity index is 1.51. The monoisotopic (exact) mass is 506 g/mol. The molecule has 2 aromatic carbocycles. The number of nitrogens with zero attached hydrogens (tertiary/aromatic N) is 2. The van der Waals surface area contributed by atoms with Crippen molar-refractivity contribution >= 4 is 28.5 Å². The maximum atomic E-state index is 13.4. The first-order valence-electron chi connectivity index (χ1n) is 10.2. The van der Waals surface area contributed by atoms with E-state index in [2.05, 4.69) is 45.7 Å². The maximum absolute atomic E-state index is 13.4. The highest BCUT2D eigenvalue weighted by atomic mass is 127. The zero-order valence-electron chi connectivity index (χ0n) is 16.6. The molecule has 154 valence electrons. The van der Waals surface area contributed by atoms with E-state index in [9.17, 15) is 9.90 Å². The molecule has 2 aliphatic rings. The molecule has 5 nitrogen and oxygen atoms in total. The average Bonchev–Trinajstić information content (AvgIpc) is 3.16. The summed E-state index contributed by atoms with van der Waals surface area (Å²) in [5.74, 6) is 0.838. The number of aliphatic hydroxyl groups excluding tert-OH is 1. The SMILES string of the molecule is CN(C(=O)C1CCc2cc(I)ccc2O1)C(CN1CC[C@H](O)C1)c1ccccc1.